The molecule has 2 aromatic rings. The highest BCUT2D eigenvalue weighted by Gasteiger charge is 2.23. The summed E-state index contributed by atoms with van der Waals surface area (Å²) < 4.78 is 5.57. The molecule has 2 rings (SSSR count). The lowest BCUT2D eigenvalue weighted by Crippen LogP contribution is -2.35. The molecule has 0 radical (unpaired) electrons. The molecule has 0 saturated heterocycles. The Balaban J connectivity index is 1.93. The monoisotopic (exact) mass is 356 g/mol. The van der Waals surface area contributed by atoms with Crippen molar-refractivity contribution in [2.24, 2.45) is 5.92 Å². The van der Waals surface area contributed by atoms with Gasteiger partial charge < -0.3 is 10.1 Å². The lowest BCUT2D eigenvalue weighted by molar-refractivity contribution is -0.124. The fraction of sp³-hybridized carbons (Fsp3) is 0.400. The van der Waals surface area contributed by atoms with Gasteiger partial charge >= 0.3 is 0 Å². The Morgan fingerprint density at radius 3 is 2.52 bits per heavy atom. The van der Waals surface area contributed by atoms with Gasteiger partial charge in [-0.3, -0.25) is 4.79 Å². The smallest absolute Gasteiger partial charge is 0.258 e. The molecule has 0 saturated carbocycles. The number of thiophene rings is 1. The van der Waals surface area contributed by atoms with E-state index in [9.17, 15) is 4.79 Å². The molecule has 1 heterocycles. The van der Waals surface area contributed by atoms with Crippen LogP contribution in [0.4, 0.5) is 0 Å². The van der Waals surface area contributed by atoms with E-state index in [-0.39, 0.29) is 18.6 Å². The fourth-order valence-electron chi connectivity index (χ4n) is 2.81. The van der Waals surface area contributed by atoms with Crippen molar-refractivity contribution in [2.75, 3.05) is 6.61 Å². The van der Waals surface area contributed by atoms with Gasteiger partial charge in [0.2, 0.25) is 0 Å². The number of amides is 1. The largest absolute Gasteiger partial charge is 0.484 e. The average Bonchev–Trinajstić information content (AvgIpc) is 3.16. The van der Waals surface area contributed by atoms with Gasteiger partial charge in [0.25, 0.3) is 5.91 Å². The lowest BCUT2D eigenvalue weighted by Gasteiger charge is -2.25. The topological polar surface area (TPSA) is 62.1 Å². The van der Waals surface area contributed by atoms with Gasteiger partial charge in [0.05, 0.1) is 18.5 Å². The van der Waals surface area contributed by atoms with Gasteiger partial charge in [-0.05, 0) is 35.1 Å². The van der Waals surface area contributed by atoms with Crippen molar-refractivity contribution in [1.82, 2.24) is 5.32 Å². The Hall–Kier alpha value is -2.32. The van der Waals surface area contributed by atoms with Gasteiger partial charge in [-0.25, -0.2) is 0 Å². The van der Waals surface area contributed by atoms with Gasteiger partial charge in [-0.15, -0.1) is 11.3 Å². The van der Waals surface area contributed by atoms with E-state index in [1.54, 1.807) is 23.5 Å². The molecule has 0 fully saturated rings. The summed E-state index contributed by atoms with van der Waals surface area (Å²) in [5, 5.41) is 13.8. The Labute approximate surface area is 153 Å². The van der Waals surface area contributed by atoms with Crippen molar-refractivity contribution in [3.8, 4) is 11.8 Å². The van der Waals surface area contributed by atoms with Gasteiger partial charge in [-0.1, -0.05) is 44.9 Å². The van der Waals surface area contributed by atoms with Gasteiger partial charge in [-0.2, -0.15) is 5.26 Å². The number of carbonyl (C=O) groups excluding carboxylic acids is 1. The minimum absolute atomic E-state index is 0.0143. The number of ether oxygens (including phenoxy) is 1. The van der Waals surface area contributed by atoms with Crippen molar-refractivity contribution < 1.29 is 9.53 Å². The molecule has 4 nitrogen and oxygen atoms in total. The van der Waals surface area contributed by atoms with E-state index in [2.05, 4.69) is 31.3 Å². The van der Waals surface area contributed by atoms with Crippen LogP contribution in [-0.2, 0) is 11.2 Å². The van der Waals surface area contributed by atoms with Crippen LogP contribution in [0, 0.1) is 17.2 Å². The third-order valence-corrected chi connectivity index (χ3v) is 5.22. The number of carbonyl (C=O) groups is 1. The summed E-state index contributed by atoms with van der Waals surface area (Å²) in [4.78, 5) is 13.5. The second-order valence-electron chi connectivity index (χ2n) is 5.90. The second-order valence-corrected chi connectivity index (χ2v) is 6.88. The zero-order chi connectivity index (χ0) is 18.1. The SMILES string of the molecule is CCC(CC)C(NC(=O)COc1ccc(CC#N)cc1)c1cccs1. The van der Waals surface area contributed by atoms with E-state index >= 15 is 0 Å². The summed E-state index contributed by atoms with van der Waals surface area (Å²) in [6.07, 6.45) is 2.40. The maximum absolute atomic E-state index is 12.4. The van der Waals surface area contributed by atoms with Crippen molar-refractivity contribution >= 4 is 17.2 Å². The van der Waals surface area contributed by atoms with Crippen LogP contribution in [0.25, 0.3) is 0 Å². The number of benzene rings is 1. The van der Waals surface area contributed by atoms with E-state index in [1.807, 2.05) is 23.6 Å². The average molecular weight is 356 g/mol. The van der Waals surface area contributed by atoms with Crippen LogP contribution in [-0.4, -0.2) is 12.5 Å². The highest BCUT2D eigenvalue weighted by Crippen LogP contribution is 2.30. The lowest BCUT2D eigenvalue weighted by atomic mass is 9.93. The molecule has 0 bridgehead atoms. The van der Waals surface area contributed by atoms with E-state index < -0.39 is 0 Å². The van der Waals surface area contributed by atoms with Crippen LogP contribution >= 0.6 is 11.3 Å². The zero-order valence-electron chi connectivity index (χ0n) is 14.7. The van der Waals surface area contributed by atoms with Crippen LogP contribution in [0.3, 0.4) is 0 Å². The number of rotatable bonds is 9. The minimum atomic E-state index is -0.119. The molecule has 132 valence electrons. The molecule has 0 aliphatic rings. The Bertz CT molecular complexity index is 685. The molecule has 1 aromatic heterocycles. The highest BCUT2D eigenvalue weighted by atomic mass is 32.1. The molecule has 0 spiro atoms. The van der Waals surface area contributed by atoms with E-state index in [0.717, 1.165) is 18.4 Å². The highest BCUT2D eigenvalue weighted by molar-refractivity contribution is 7.10. The third-order valence-electron chi connectivity index (χ3n) is 4.26. The van der Waals surface area contributed by atoms with Crippen LogP contribution < -0.4 is 10.1 Å². The summed E-state index contributed by atoms with van der Waals surface area (Å²) in [6.45, 7) is 4.29. The normalized spacial score (nSPS) is 11.8. The number of nitriles is 1. The summed E-state index contributed by atoms with van der Waals surface area (Å²) in [5.41, 5.74) is 0.936. The van der Waals surface area contributed by atoms with Crippen LogP contribution in [0.15, 0.2) is 41.8 Å². The van der Waals surface area contributed by atoms with Crippen molar-refractivity contribution in [1.29, 1.82) is 5.26 Å². The molecule has 5 heteroatoms. The molecule has 1 amide bonds. The molecule has 0 aliphatic heterocycles. The first-order chi connectivity index (χ1) is 12.2. The molecule has 1 N–H and O–H groups in total. The van der Waals surface area contributed by atoms with E-state index in [1.165, 1.54) is 4.88 Å². The number of nitrogens with zero attached hydrogens (tertiary/aromatic N) is 1. The first kappa shape index (κ1) is 19.0. The van der Waals surface area contributed by atoms with Crippen molar-refractivity contribution in [3.05, 3.63) is 52.2 Å². The van der Waals surface area contributed by atoms with Crippen LogP contribution in [0.2, 0.25) is 0 Å². The summed E-state index contributed by atoms with van der Waals surface area (Å²) in [5.74, 6) is 0.923. The number of nitrogens with one attached hydrogen (secondary N) is 1. The fourth-order valence-corrected chi connectivity index (χ4v) is 3.68. The van der Waals surface area contributed by atoms with E-state index in [0.29, 0.717) is 18.1 Å². The number of hydrogen-bond donors (Lipinski definition) is 1. The van der Waals surface area contributed by atoms with Crippen LogP contribution in [0.1, 0.15) is 43.2 Å². The molecular weight excluding hydrogens is 332 g/mol. The molecular formula is C20H24N2O2S. The summed E-state index contributed by atoms with van der Waals surface area (Å²) >= 11 is 1.67. The zero-order valence-corrected chi connectivity index (χ0v) is 15.5. The van der Waals surface area contributed by atoms with Gasteiger partial charge in [0.1, 0.15) is 5.75 Å². The second kappa shape index (κ2) is 9.85. The standard InChI is InChI=1S/C20H24N2O2S/c1-3-16(4-2)20(18-6-5-13-25-18)22-19(23)14-24-17-9-7-15(8-10-17)11-12-21/h5-10,13,16,20H,3-4,11,14H2,1-2H3,(H,22,23). The van der Waals surface area contributed by atoms with Gasteiger partial charge in [0.15, 0.2) is 6.61 Å². The van der Waals surface area contributed by atoms with Crippen molar-refractivity contribution in [3.63, 3.8) is 0 Å². The number of hydrogen-bond acceptors (Lipinski definition) is 4. The quantitative estimate of drug-likeness (QED) is 0.720. The Morgan fingerprint density at radius 2 is 1.96 bits per heavy atom. The molecule has 1 unspecified atom stereocenters. The maximum atomic E-state index is 12.4. The van der Waals surface area contributed by atoms with Gasteiger partial charge in [0, 0.05) is 4.88 Å². The maximum Gasteiger partial charge on any atom is 0.258 e. The molecule has 25 heavy (non-hydrogen) atoms. The summed E-state index contributed by atoms with van der Waals surface area (Å²) in [6, 6.07) is 13.5. The first-order valence-electron chi connectivity index (χ1n) is 8.59. The Kier molecular flexibility index (Phi) is 7.49. The first-order valence-corrected chi connectivity index (χ1v) is 9.47. The molecule has 1 atom stereocenters. The summed E-state index contributed by atoms with van der Waals surface area (Å²) in [7, 11) is 0. The molecule has 0 aliphatic carbocycles. The minimum Gasteiger partial charge on any atom is -0.484 e. The van der Waals surface area contributed by atoms with Crippen molar-refractivity contribution in [2.45, 2.75) is 39.2 Å². The third kappa shape index (κ3) is 5.61. The predicted molar refractivity (Wildman–Crippen MR) is 101 cm³/mol. The molecule has 1 aromatic carbocycles. The van der Waals surface area contributed by atoms with Crippen LogP contribution in [0.5, 0.6) is 5.75 Å². The Morgan fingerprint density at radius 1 is 1.24 bits per heavy atom. The predicted octanol–water partition coefficient (Wildman–Crippen LogP) is 4.49. The van der Waals surface area contributed by atoms with E-state index in [4.69, 9.17) is 10.00 Å².